The maximum Gasteiger partial charge on any atom is 0.137 e. The molecule has 0 spiro atoms. The topological polar surface area (TPSA) is 74.3 Å². The molecule has 0 aromatic rings. The van der Waals surface area contributed by atoms with Crippen molar-refractivity contribution in [3.8, 4) is 0 Å². The predicted molar refractivity (Wildman–Crippen MR) is 46.1 cm³/mol. The highest BCUT2D eigenvalue weighted by atomic mass is 32.2. The lowest BCUT2D eigenvalue weighted by atomic mass is 9.81. The highest BCUT2D eigenvalue weighted by molar-refractivity contribution is 7.85. The van der Waals surface area contributed by atoms with Gasteiger partial charge in [-0.3, -0.25) is 4.79 Å². The lowest BCUT2D eigenvalue weighted by Crippen LogP contribution is -2.32. The fourth-order valence-corrected chi connectivity index (χ4v) is 2.73. The Kier molecular flexibility index (Phi) is 3.08. The Morgan fingerprint density at radius 3 is 2.62 bits per heavy atom. The van der Waals surface area contributed by atoms with E-state index in [1.165, 1.54) is 0 Å². The van der Waals surface area contributed by atoms with Gasteiger partial charge >= 0.3 is 0 Å². The van der Waals surface area contributed by atoms with Crippen LogP contribution in [0.1, 0.15) is 26.2 Å². The summed E-state index contributed by atoms with van der Waals surface area (Å²) in [5, 5.41) is 0. The largest absolute Gasteiger partial charge is 0.748 e. The second-order valence-corrected chi connectivity index (χ2v) is 5.12. The van der Waals surface area contributed by atoms with E-state index in [0.29, 0.717) is 6.42 Å². The molecule has 76 valence electrons. The highest BCUT2D eigenvalue weighted by Gasteiger charge is 2.29. The van der Waals surface area contributed by atoms with Gasteiger partial charge in [0.2, 0.25) is 0 Å². The molecule has 0 saturated heterocycles. The van der Waals surface area contributed by atoms with Crippen molar-refractivity contribution in [3.63, 3.8) is 0 Å². The first-order chi connectivity index (χ1) is 5.90. The zero-order valence-electron chi connectivity index (χ0n) is 7.52. The van der Waals surface area contributed by atoms with Crippen LogP contribution in [0.3, 0.4) is 0 Å². The molecule has 2 atom stereocenters. The fourth-order valence-electron chi connectivity index (χ4n) is 1.78. The van der Waals surface area contributed by atoms with Gasteiger partial charge in [-0.25, -0.2) is 8.42 Å². The maximum atomic E-state index is 11.3. The summed E-state index contributed by atoms with van der Waals surface area (Å²) in [5.74, 6) is -1.12. The summed E-state index contributed by atoms with van der Waals surface area (Å²) in [4.78, 5) is 11.3. The highest BCUT2D eigenvalue weighted by Crippen LogP contribution is 2.27. The SMILES string of the molecule is CC1CCCC(=O)C1CS(=O)(=O)[O-]. The molecule has 0 aliphatic heterocycles. The van der Waals surface area contributed by atoms with Crippen molar-refractivity contribution >= 4 is 15.9 Å². The Morgan fingerprint density at radius 2 is 2.15 bits per heavy atom. The van der Waals surface area contributed by atoms with E-state index in [0.717, 1.165) is 12.8 Å². The van der Waals surface area contributed by atoms with Crippen LogP contribution in [-0.2, 0) is 14.9 Å². The van der Waals surface area contributed by atoms with E-state index in [-0.39, 0.29) is 11.7 Å². The van der Waals surface area contributed by atoms with Crippen molar-refractivity contribution < 1.29 is 17.8 Å². The average molecular weight is 205 g/mol. The molecule has 0 aromatic heterocycles. The van der Waals surface area contributed by atoms with Gasteiger partial charge in [0.1, 0.15) is 5.78 Å². The van der Waals surface area contributed by atoms with Crippen LogP contribution < -0.4 is 0 Å². The Bertz CT molecular complexity index is 293. The normalized spacial score (nSPS) is 30.5. The second-order valence-electron chi connectivity index (χ2n) is 3.67. The molecule has 0 amide bonds. The molecule has 1 aliphatic carbocycles. The van der Waals surface area contributed by atoms with Crippen LogP contribution in [0.15, 0.2) is 0 Å². The van der Waals surface area contributed by atoms with Gasteiger partial charge < -0.3 is 4.55 Å². The number of carbonyl (C=O) groups excluding carboxylic acids is 1. The minimum Gasteiger partial charge on any atom is -0.748 e. The summed E-state index contributed by atoms with van der Waals surface area (Å²) >= 11 is 0. The molecule has 2 unspecified atom stereocenters. The molecule has 5 heteroatoms. The summed E-state index contributed by atoms with van der Waals surface area (Å²) in [6.45, 7) is 1.83. The number of carbonyl (C=O) groups is 1. The molecule has 1 saturated carbocycles. The first-order valence-corrected chi connectivity index (χ1v) is 5.94. The van der Waals surface area contributed by atoms with Crippen molar-refractivity contribution in [3.05, 3.63) is 0 Å². The average Bonchev–Trinajstić information content (AvgIpc) is 1.95. The smallest absolute Gasteiger partial charge is 0.137 e. The Labute approximate surface area is 78.1 Å². The molecule has 1 fully saturated rings. The van der Waals surface area contributed by atoms with Crippen molar-refractivity contribution in [2.45, 2.75) is 26.2 Å². The monoisotopic (exact) mass is 205 g/mol. The third-order valence-electron chi connectivity index (χ3n) is 2.57. The number of hydrogen-bond donors (Lipinski definition) is 0. The number of rotatable bonds is 2. The summed E-state index contributed by atoms with van der Waals surface area (Å²) in [6.07, 6.45) is 2.08. The molecule has 1 aliphatic rings. The summed E-state index contributed by atoms with van der Waals surface area (Å²) < 4.78 is 31.4. The van der Waals surface area contributed by atoms with E-state index in [1.54, 1.807) is 0 Å². The van der Waals surface area contributed by atoms with Crippen molar-refractivity contribution in [2.75, 3.05) is 5.75 Å². The van der Waals surface area contributed by atoms with E-state index in [9.17, 15) is 17.8 Å². The molecule has 0 bridgehead atoms. The molecular formula is C8H13O4S-. The van der Waals surface area contributed by atoms with E-state index in [1.807, 2.05) is 6.92 Å². The Hall–Kier alpha value is -0.420. The first kappa shape index (κ1) is 10.7. The second kappa shape index (κ2) is 3.75. The summed E-state index contributed by atoms with van der Waals surface area (Å²) in [5.41, 5.74) is 0. The van der Waals surface area contributed by atoms with Crippen LogP contribution in [0.2, 0.25) is 0 Å². The van der Waals surface area contributed by atoms with Gasteiger partial charge in [0.05, 0.1) is 10.1 Å². The van der Waals surface area contributed by atoms with Crippen molar-refractivity contribution in [2.24, 2.45) is 11.8 Å². The van der Waals surface area contributed by atoms with Crippen molar-refractivity contribution in [1.29, 1.82) is 0 Å². The van der Waals surface area contributed by atoms with Crippen LogP contribution in [0.4, 0.5) is 0 Å². The number of ketones is 1. The van der Waals surface area contributed by atoms with Crippen LogP contribution in [0.25, 0.3) is 0 Å². The molecular weight excluding hydrogens is 192 g/mol. The van der Waals surface area contributed by atoms with E-state index in [4.69, 9.17) is 0 Å². The zero-order chi connectivity index (χ0) is 10.1. The predicted octanol–water partition coefficient (Wildman–Crippen LogP) is 0.537. The van der Waals surface area contributed by atoms with Gasteiger partial charge in [-0.15, -0.1) is 0 Å². The number of hydrogen-bond acceptors (Lipinski definition) is 4. The van der Waals surface area contributed by atoms with E-state index >= 15 is 0 Å². The quantitative estimate of drug-likeness (QED) is 0.616. The van der Waals surface area contributed by atoms with Gasteiger partial charge in [-0.2, -0.15) is 0 Å². The standard InChI is InChI=1S/C8H14O4S/c1-6-3-2-4-8(9)7(6)5-13(10,11)12/h6-7H,2-5H2,1H3,(H,10,11,12)/p-1. The van der Waals surface area contributed by atoms with Gasteiger partial charge in [0.25, 0.3) is 0 Å². The van der Waals surface area contributed by atoms with E-state index in [2.05, 4.69) is 0 Å². The maximum absolute atomic E-state index is 11.3. The van der Waals surface area contributed by atoms with Gasteiger partial charge in [0, 0.05) is 18.1 Å². The lowest BCUT2D eigenvalue weighted by molar-refractivity contribution is -0.125. The number of Topliss-reactive ketones (excluding diaryl/α,β-unsaturated/α-hetero) is 1. The van der Waals surface area contributed by atoms with Crippen LogP contribution in [0, 0.1) is 11.8 Å². The van der Waals surface area contributed by atoms with Crippen LogP contribution >= 0.6 is 0 Å². The Balaban J connectivity index is 2.70. The van der Waals surface area contributed by atoms with Crippen LogP contribution in [-0.4, -0.2) is 24.5 Å². The molecule has 0 aromatic carbocycles. The van der Waals surface area contributed by atoms with Crippen LogP contribution in [0.5, 0.6) is 0 Å². The minimum atomic E-state index is -4.26. The third-order valence-corrected chi connectivity index (χ3v) is 3.33. The Morgan fingerprint density at radius 1 is 1.54 bits per heavy atom. The molecule has 0 heterocycles. The third kappa shape index (κ3) is 3.08. The molecule has 0 N–H and O–H groups in total. The summed E-state index contributed by atoms with van der Waals surface area (Å²) in [6, 6.07) is 0. The minimum absolute atomic E-state index is 0.0324. The molecule has 1 rings (SSSR count). The van der Waals surface area contributed by atoms with Gasteiger partial charge in [0.15, 0.2) is 0 Å². The molecule has 4 nitrogen and oxygen atoms in total. The van der Waals surface area contributed by atoms with Crippen molar-refractivity contribution in [1.82, 2.24) is 0 Å². The first-order valence-electron chi connectivity index (χ1n) is 4.36. The van der Waals surface area contributed by atoms with Gasteiger partial charge in [-0.05, 0) is 18.8 Å². The molecule has 0 radical (unpaired) electrons. The van der Waals surface area contributed by atoms with Gasteiger partial charge in [-0.1, -0.05) is 6.92 Å². The zero-order valence-corrected chi connectivity index (χ0v) is 8.34. The molecule has 13 heavy (non-hydrogen) atoms. The lowest BCUT2D eigenvalue weighted by Gasteiger charge is -2.28. The summed E-state index contributed by atoms with van der Waals surface area (Å²) in [7, 11) is -4.26. The van der Waals surface area contributed by atoms with E-state index < -0.39 is 21.8 Å². The fraction of sp³-hybridized carbons (Fsp3) is 0.875.